The summed E-state index contributed by atoms with van der Waals surface area (Å²) < 4.78 is 38.6. The van der Waals surface area contributed by atoms with Crippen molar-refractivity contribution in [3.8, 4) is 0 Å². The van der Waals surface area contributed by atoms with Gasteiger partial charge in [-0.25, -0.2) is 12.8 Å². The lowest BCUT2D eigenvalue weighted by Gasteiger charge is -2.30. The lowest BCUT2D eigenvalue weighted by molar-refractivity contribution is -0.122. The highest BCUT2D eigenvalue weighted by molar-refractivity contribution is 7.92. The van der Waals surface area contributed by atoms with Crippen molar-refractivity contribution in [2.45, 2.75) is 25.8 Å². The highest BCUT2D eigenvalue weighted by Gasteiger charge is 2.31. The third-order valence-electron chi connectivity index (χ3n) is 3.97. The van der Waals surface area contributed by atoms with Crippen molar-refractivity contribution >= 4 is 21.6 Å². The second-order valence-corrected chi connectivity index (χ2v) is 7.85. The summed E-state index contributed by atoms with van der Waals surface area (Å²) in [6.07, 6.45) is 1.96. The Balaban J connectivity index is 2.09. The van der Waals surface area contributed by atoms with Crippen LogP contribution in [0.2, 0.25) is 0 Å². The average Bonchev–Trinajstić information content (AvgIpc) is 2.60. The molecule has 140 valence electrons. The van der Waals surface area contributed by atoms with E-state index in [1.807, 2.05) is 0 Å². The normalized spacial score (nSPS) is 12.4. The van der Waals surface area contributed by atoms with Crippen LogP contribution in [0.4, 0.5) is 10.1 Å². The fourth-order valence-corrected chi connectivity index (χ4v) is 3.95. The summed E-state index contributed by atoms with van der Waals surface area (Å²) in [4.78, 5) is 12.6. The number of halogens is 1. The van der Waals surface area contributed by atoms with E-state index in [1.54, 1.807) is 49.4 Å². The summed E-state index contributed by atoms with van der Waals surface area (Å²) in [5, 5.41) is 2.78. The first-order valence-electron chi connectivity index (χ1n) is 8.39. The van der Waals surface area contributed by atoms with Gasteiger partial charge in [0.1, 0.15) is 11.9 Å². The molecule has 2 aromatic rings. The van der Waals surface area contributed by atoms with Gasteiger partial charge in [-0.05, 0) is 42.7 Å². The van der Waals surface area contributed by atoms with Gasteiger partial charge in [0, 0.05) is 6.54 Å². The Morgan fingerprint density at radius 1 is 1.12 bits per heavy atom. The van der Waals surface area contributed by atoms with Crippen LogP contribution in [0.25, 0.3) is 0 Å². The molecule has 0 bridgehead atoms. The highest BCUT2D eigenvalue weighted by Crippen LogP contribution is 2.21. The van der Waals surface area contributed by atoms with Gasteiger partial charge in [0.25, 0.3) is 0 Å². The molecule has 0 spiro atoms. The third kappa shape index (κ3) is 5.29. The van der Waals surface area contributed by atoms with Crippen LogP contribution in [0.15, 0.2) is 54.6 Å². The summed E-state index contributed by atoms with van der Waals surface area (Å²) in [6.45, 7) is 2.11. The number of amides is 1. The quantitative estimate of drug-likeness (QED) is 0.768. The van der Waals surface area contributed by atoms with E-state index in [9.17, 15) is 17.6 Å². The number of carbonyl (C=O) groups is 1. The summed E-state index contributed by atoms with van der Waals surface area (Å²) in [5.74, 6) is -0.667. The first-order valence-corrected chi connectivity index (χ1v) is 10.2. The number of rotatable bonds is 8. The third-order valence-corrected chi connectivity index (χ3v) is 5.15. The lowest BCUT2D eigenvalue weighted by Crippen LogP contribution is -2.49. The van der Waals surface area contributed by atoms with Gasteiger partial charge < -0.3 is 5.32 Å². The van der Waals surface area contributed by atoms with Crippen LogP contribution in [0, 0.1) is 5.82 Å². The number of para-hydroxylation sites is 1. The van der Waals surface area contributed by atoms with E-state index >= 15 is 0 Å². The maximum Gasteiger partial charge on any atom is 0.243 e. The molecule has 0 aliphatic carbocycles. The SMILES string of the molecule is CC[C@H](C(=O)NCCc1ccc(F)cc1)N(c1ccccc1)S(C)(=O)=O. The number of anilines is 1. The molecule has 0 saturated heterocycles. The molecule has 7 heteroatoms. The Hall–Kier alpha value is -2.41. The average molecular weight is 378 g/mol. The molecule has 1 N–H and O–H groups in total. The number of hydrogen-bond acceptors (Lipinski definition) is 3. The zero-order valence-electron chi connectivity index (χ0n) is 14.9. The Labute approximate surface area is 153 Å². The van der Waals surface area contributed by atoms with Crippen molar-refractivity contribution in [2.24, 2.45) is 0 Å². The number of carbonyl (C=O) groups excluding carboxylic acids is 1. The summed E-state index contributed by atoms with van der Waals surface area (Å²) in [7, 11) is -3.63. The van der Waals surface area contributed by atoms with Gasteiger partial charge in [-0.3, -0.25) is 9.10 Å². The molecule has 0 aliphatic heterocycles. The Kier molecular flexibility index (Phi) is 6.74. The van der Waals surface area contributed by atoms with Crippen LogP contribution in [0.5, 0.6) is 0 Å². The van der Waals surface area contributed by atoms with Crippen molar-refractivity contribution in [1.29, 1.82) is 0 Å². The second-order valence-electron chi connectivity index (χ2n) is 5.99. The molecule has 0 saturated carbocycles. The molecule has 0 aromatic heterocycles. The van der Waals surface area contributed by atoms with Crippen LogP contribution in [-0.2, 0) is 21.2 Å². The molecule has 26 heavy (non-hydrogen) atoms. The van der Waals surface area contributed by atoms with Crippen LogP contribution >= 0.6 is 0 Å². The first kappa shape index (κ1) is 19.9. The Morgan fingerprint density at radius 2 is 1.73 bits per heavy atom. The fourth-order valence-electron chi connectivity index (χ4n) is 2.73. The molecule has 0 fully saturated rings. The predicted octanol–water partition coefficient (Wildman–Crippen LogP) is 2.73. The van der Waals surface area contributed by atoms with Gasteiger partial charge in [0.15, 0.2) is 0 Å². The Morgan fingerprint density at radius 3 is 2.27 bits per heavy atom. The maximum absolute atomic E-state index is 12.9. The van der Waals surface area contributed by atoms with Gasteiger partial charge in [-0.2, -0.15) is 0 Å². The van der Waals surface area contributed by atoms with E-state index in [1.165, 1.54) is 12.1 Å². The van der Waals surface area contributed by atoms with Gasteiger partial charge in [0.2, 0.25) is 15.9 Å². The zero-order valence-corrected chi connectivity index (χ0v) is 15.7. The molecule has 5 nitrogen and oxygen atoms in total. The minimum Gasteiger partial charge on any atom is -0.354 e. The zero-order chi connectivity index (χ0) is 19.2. The van der Waals surface area contributed by atoms with E-state index < -0.39 is 16.1 Å². The Bertz CT molecular complexity index is 824. The number of nitrogens with zero attached hydrogens (tertiary/aromatic N) is 1. The minimum absolute atomic E-state index is 0.310. The molecule has 2 aromatic carbocycles. The fraction of sp³-hybridized carbons (Fsp3) is 0.316. The van der Waals surface area contributed by atoms with Crippen LogP contribution < -0.4 is 9.62 Å². The largest absolute Gasteiger partial charge is 0.354 e. The smallest absolute Gasteiger partial charge is 0.243 e. The van der Waals surface area contributed by atoms with E-state index in [-0.39, 0.29) is 11.7 Å². The van der Waals surface area contributed by atoms with E-state index in [4.69, 9.17) is 0 Å². The maximum atomic E-state index is 12.9. The molecular formula is C19H23FN2O3S. The van der Waals surface area contributed by atoms with Crippen molar-refractivity contribution in [2.75, 3.05) is 17.1 Å². The van der Waals surface area contributed by atoms with Gasteiger partial charge in [-0.15, -0.1) is 0 Å². The summed E-state index contributed by atoms with van der Waals surface area (Å²) >= 11 is 0. The minimum atomic E-state index is -3.63. The van der Waals surface area contributed by atoms with Crippen LogP contribution in [-0.4, -0.2) is 33.2 Å². The molecule has 0 radical (unpaired) electrons. The second kappa shape index (κ2) is 8.80. The summed E-state index contributed by atoms with van der Waals surface area (Å²) in [6, 6.07) is 13.8. The molecule has 0 aliphatic rings. The molecular weight excluding hydrogens is 355 g/mol. The standard InChI is InChI=1S/C19H23FN2O3S/c1-3-18(22(26(2,24)25)17-7-5-4-6-8-17)19(23)21-14-13-15-9-11-16(20)12-10-15/h4-12,18H,3,13-14H2,1-2H3,(H,21,23)/t18-/m1/s1. The van der Waals surface area contributed by atoms with Crippen molar-refractivity contribution in [3.63, 3.8) is 0 Å². The number of sulfonamides is 1. The number of hydrogen-bond donors (Lipinski definition) is 1. The summed E-state index contributed by atoms with van der Waals surface area (Å²) in [5.41, 5.74) is 1.35. The van der Waals surface area contributed by atoms with Crippen molar-refractivity contribution < 1.29 is 17.6 Å². The van der Waals surface area contributed by atoms with Crippen molar-refractivity contribution in [1.82, 2.24) is 5.32 Å². The monoisotopic (exact) mass is 378 g/mol. The van der Waals surface area contributed by atoms with Crippen molar-refractivity contribution in [3.05, 3.63) is 66.0 Å². The topological polar surface area (TPSA) is 66.5 Å². The van der Waals surface area contributed by atoms with E-state index in [2.05, 4.69) is 5.32 Å². The molecule has 1 atom stereocenters. The first-order chi connectivity index (χ1) is 12.3. The number of benzene rings is 2. The van der Waals surface area contributed by atoms with Crippen LogP contribution in [0.3, 0.4) is 0 Å². The molecule has 0 unspecified atom stereocenters. The van der Waals surface area contributed by atoms with E-state index in [0.717, 1.165) is 16.1 Å². The van der Waals surface area contributed by atoms with Gasteiger partial charge >= 0.3 is 0 Å². The lowest BCUT2D eigenvalue weighted by atomic mass is 10.1. The van der Waals surface area contributed by atoms with E-state index in [0.29, 0.717) is 25.1 Å². The molecule has 1 amide bonds. The van der Waals surface area contributed by atoms with Crippen LogP contribution in [0.1, 0.15) is 18.9 Å². The molecule has 2 rings (SSSR count). The highest BCUT2D eigenvalue weighted by atomic mass is 32.2. The van der Waals surface area contributed by atoms with Gasteiger partial charge in [-0.1, -0.05) is 37.3 Å². The number of nitrogens with one attached hydrogen (secondary N) is 1. The molecule has 0 heterocycles. The predicted molar refractivity (Wildman–Crippen MR) is 101 cm³/mol. The van der Waals surface area contributed by atoms with Gasteiger partial charge in [0.05, 0.1) is 11.9 Å².